The van der Waals surface area contributed by atoms with Crippen molar-refractivity contribution in [2.45, 2.75) is 32.6 Å². The van der Waals surface area contributed by atoms with E-state index in [0.717, 1.165) is 57.5 Å². The summed E-state index contributed by atoms with van der Waals surface area (Å²) in [6.45, 7) is 6.01. The van der Waals surface area contributed by atoms with Gasteiger partial charge in [0.2, 0.25) is 5.91 Å². The lowest BCUT2D eigenvalue weighted by atomic mass is 9.72. The number of likely N-dealkylation sites (tertiary alicyclic amines) is 2. The lowest BCUT2D eigenvalue weighted by molar-refractivity contribution is -0.139. The third-order valence-corrected chi connectivity index (χ3v) is 5.81. The zero-order valence-corrected chi connectivity index (χ0v) is 16.2. The van der Waals surface area contributed by atoms with Crippen molar-refractivity contribution in [2.75, 3.05) is 46.8 Å². The maximum atomic E-state index is 12.7. The maximum Gasteiger partial charge on any atom is 0.272 e. The van der Waals surface area contributed by atoms with Crippen LogP contribution in [0.4, 0.5) is 0 Å². The standard InChI is InChI=1S/C20H30N4O2/c1-16-4-5-17(21-14-16)19(26)23-10-8-20(9-11-23)7-6-18(25)24(15-20)13-12-22(2)3/h4-5,14H,6-13,15H2,1-3H3. The molecular weight excluding hydrogens is 328 g/mol. The molecule has 2 fully saturated rings. The van der Waals surface area contributed by atoms with Crippen molar-refractivity contribution in [3.05, 3.63) is 29.6 Å². The van der Waals surface area contributed by atoms with Gasteiger partial charge in [0.1, 0.15) is 5.69 Å². The van der Waals surface area contributed by atoms with Gasteiger partial charge < -0.3 is 14.7 Å². The Labute approximate surface area is 156 Å². The molecule has 0 saturated carbocycles. The molecule has 0 aromatic carbocycles. The van der Waals surface area contributed by atoms with Crippen molar-refractivity contribution in [1.29, 1.82) is 0 Å². The van der Waals surface area contributed by atoms with Gasteiger partial charge in [0, 0.05) is 45.3 Å². The van der Waals surface area contributed by atoms with Crippen molar-refractivity contribution in [3.8, 4) is 0 Å². The van der Waals surface area contributed by atoms with Crippen molar-refractivity contribution < 1.29 is 9.59 Å². The number of likely N-dealkylation sites (N-methyl/N-ethyl adjacent to an activating group) is 1. The third-order valence-electron chi connectivity index (χ3n) is 5.81. The molecule has 0 atom stereocenters. The Kier molecular flexibility index (Phi) is 5.61. The highest BCUT2D eigenvalue weighted by atomic mass is 16.2. The number of rotatable bonds is 4. The number of aryl methyl sites for hydroxylation is 1. The molecule has 2 saturated heterocycles. The average molecular weight is 358 g/mol. The zero-order valence-electron chi connectivity index (χ0n) is 16.2. The molecule has 0 radical (unpaired) electrons. The van der Waals surface area contributed by atoms with Crippen LogP contribution >= 0.6 is 0 Å². The van der Waals surface area contributed by atoms with Crippen LogP contribution in [-0.4, -0.2) is 78.3 Å². The molecule has 2 amide bonds. The number of amides is 2. The number of piperidine rings is 2. The first-order valence-corrected chi connectivity index (χ1v) is 9.53. The van der Waals surface area contributed by atoms with E-state index >= 15 is 0 Å². The lowest BCUT2D eigenvalue weighted by Gasteiger charge is -2.47. The largest absolute Gasteiger partial charge is 0.341 e. The van der Waals surface area contributed by atoms with E-state index in [4.69, 9.17) is 0 Å². The van der Waals surface area contributed by atoms with Gasteiger partial charge in [0.25, 0.3) is 5.91 Å². The van der Waals surface area contributed by atoms with Crippen LogP contribution in [0.1, 0.15) is 41.7 Å². The Morgan fingerprint density at radius 1 is 1.23 bits per heavy atom. The van der Waals surface area contributed by atoms with E-state index in [1.54, 1.807) is 6.20 Å². The number of hydrogen-bond donors (Lipinski definition) is 0. The highest BCUT2D eigenvalue weighted by Gasteiger charge is 2.41. The first-order chi connectivity index (χ1) is 12.4. The summed E-state index contributed by atoms with van der Waals surface area (Å²) in [6, 6.07) is 3.74. The van der Waals surface area contributed by atoms with Crippen LogP contribution in [0.25, 0.3) is 0 Å². The summed E-state index contributed by atoms with van der Waals surface area (Å²) in [5.41, 5.74) is 1.76. The summed E-state index contributed by atoms with van der Waals surface area (Å²) in [5.74, 6) is 0.302. The third kappa shape index (κ3) is 4.23. The molecule has 0 N–H and O–H groups in total. The summed E-state index contributed by atoms with van der Waals surface area (Å²) in [4.78, 5) is 35.3. The number of pyridine rings is 1. The molecular formula is C20H30N4O2. The molecule has 0 bridgehead atoms. The lowest BCUT2D eigenvalue weighted by Crippen LogP contribution is -2.53. The molecule has 1 spiro atoms. The fraction of sp³-hybridized carbons (Fsp3) is 0.650. The topological polar surface area (TPSA) is 56.8 Å². The number of carbonyl (C=O) groups is 2. The van der Waals surface area contributed by atoms with E-state index in [9.17, 15) is 9.59 Å². The van der Waals surface area contributed by atoms with Crippen LogP contribution in [0.3, 0.4) is 0 Å². The van der Waals surface area contributed by atoms with Crippen LogP contribution in [-0.2, 0) is 4.79 Å². The van der Waals surface area contributed by atoms with Gasteiger partial charge in [-0.25, -0.2) is 0 Å². The Bertz CT molecular complexity index is 648. The molecule has 26 heavy (non-hydrogen) atoms. The first-order valence-electron chi connectivity index (χ1n) is 9.53. The van der Waals surface area contributed by atoms with Gasteiger partial charge in [0.05, 0.1) is 0 Å². The number of hydrogen-bond acceptors (Lipinski definition) is 4. The van der Waals surface area contributed by atoms with E-state index in [1.165, 1.54) is 0 Å². The summed E-state index contributed by atoms with van der Waals surface area (Å²) < 4.78 is 0. The Morgan fingerprint density at radius 2 is 1.96 bits per heavy atom. The molecule has 6 heteroatoms. The van der Waals surface area contributed by atoms with Crippen LogP contribution in [0.5, 0.6) is 0 Å². The second-order valence-corrected chi connectivity index (χ2v) is 8.13. The predicted octanol–water partition coefficient (Wildman–Crippen LogP) is 1.80. The number of carbonyl (C=O) groups excluding carboxylic acids is 2. The second-order valence-electron chi connectivity index (χ2n) is 8.13. The van der Waals surface area contributed by atoms with E-state index in [1.807, 2.05) is 43.0 Å². The highest BCUT2D eigenvalue weighted by Crippen LogP contribution is 2.40. The average Bonchev–Trinajstić information content (AvgIpc) is 2.63. The van der Waals surface area contributed by atoms with E-state index in [-0.39, 0.29) is 17.2 Å². The minimum absolute atomic E-state index is 0.0243. The fourth-order valence-corrected chi connectivity index (χ4v) is 3.98. The monoisotopic (exact) mass is 358 g/mol. The summed E-state index contributed by atoms with van der Waals surface area (Å²) in [7, 11) is 4.07. The molecule has 3 heterocycles. The van der Waals surface area contributed by atoms with E-state index in [0.29, 0.717) is 12.1 Å². The van der Waals surface area contributed by atoms with Gasteiger partial charge in [-0.15, -0.1) is 0 Å². The van der Waals surface area contributed by atoms with Crippen LogP contribution in [0.2, 0.25) is 0 Å². The molecule has 142 valence electrons. The van der Waals surface area contributed by atoms with E-state index < -0.39 is 0 Å². The molecule has 1 aromatic rings. The van der Waals surface area contributed by atoms with Gasteiger partial charge in [0.15, 0.2) is 0 Å². The smallest absolute Gasteiger partial charge is 0.272 e. The van der Waals surface area contributed by atoms with Crippen LogP contribution < -0.4 is 0 Å². The molecule has 1 aromatic heterocycles. The Hall–Kier alpha value is -1.95. The molecule has 6 nitrogen and oxygen atoms in total. The van der Waals surface area contributed by atoms with Gasteiger partial charge in [-0.1, -0.05) is 6.07 Å². The summed E-state index contributed by atoms with van der Waals surface area (Å²) in [5, 5.41) is 0. The normalized spacial score (nSPS) is 20.1. The fourth-order valence-electron chi connectivity index (χ4n) is 3.98. The number of aromatic nitrogens is 1. The molecule has 2 aliphatic heterocycles. The SMILES string of the molecule is Cc1ccc(C(=O)N2CCC3(CCC(=O)N(CCN(C)C)C3)CC2)nc1. The van der Waals surface area contributed by atoms with Crippen molar-refractivity contribution in [3.63, 3.8) is 0 Å². The zero-order chi connectivity index (χ0) is 18.7. The van der Waals surface area contributed by atoms with Gasteiger partial charge in [-0.2, -0.15) is 0 Å². The minimum atomic E-state index is 0.0243. The van der Waals surface area contributed by atoms with Crippen LogP contribution in [0, 0.1) is 12.3 Å². The van der Waals surface area contributed by atoms with E-state index in [2.05, 4.69) is 9.88 Å². The van der Waals surface area contributed by atoms with Crippen molar-refractivity contribution >= 4 is 11.8 Å². The van der Waals surface area contributed by atoms with Crippen molar-refractivity contribution in [1.82, 2.24) is 19.7 Å². The summed E-state index contributed by atoms with van der Waals surface area (Å²) >= 11 is 0. The molecule has 2 aliphatic rings. The van der Waals surface area contributed by atoms with Gasteiger partial charge in [-0.05, 0) is 57.3 Å². The quantitative estimate of drug-likeness (QED) is 0.824. The molecule has 0 aliphatic carbocycles. The van der Waals surface area contributed by atoms with Gasteiger partial charge in [-0.3, -0.25) is 14.6 Å². The maximum absolute atomic E-state index is 12.7. The van der Waals surface area contributed by atoms with Gasteiger partial charge >= 0.3 is 0 Å². The van der Waals surface area contributed by atoms with Crippen molar-refractivity contribution in [2.24, 2.45) is 5.41 Å². The first kappa shape index (κ1) is 18.8. The highest BCUT2D eigenvalue weighted by molar-refractivity contribution is 5.92. The predicted molar refractivity (Wildman–Crippen MR) is 101 cm³/mol. The molecule has 3 rings (SSSR count). The second kappa shape index (κ2) is 7.74. The number of nitrogens with zero attached hydrogens (tertiary/aromatic N) is 4. The Balaban J connectivity index is 1.59. The molecule has 0 unspecified atom stereocenters. The minimum Gasteiger partial charge on any atom is -0.341 e. The summed E-state index contributed by atoms with van der Waals surface area (Å²) in [6.07, 6.45) is 5.27. The van der Waals surface area contributed by atoms with Crippen LogP contribution in [0.15, 0.2) is 18.3 Å². The Morgan fingerprint density at radius 3 is 2.58 bits per heavy atom.